The molecule has 0 N–H and O–H groups in total. The molecule has 1 fully saturated rings. The number of carbonyl (C=O) groups is 1. The maximum absolute atomic E-state index is 12.9. The number of nitrogens with zero attached hydrogens (tertiary/aromatic N) is 2. The van der Waals surface area contributed by atoms with Gasteiger partial charge in [0.1, 0.15) is 11.5 Å². The molecule has 2 aromatic rings. The van der Waals surface area contributed by atoms with Crippen molar-refractivity contribution in [3.8, 4) is 11.5 Å². The van der Waals surface area contributed by atoms with E-state index in [0.717, 1.165) is 43.1 Å². The van der Waals surface area contributed by atoms with Gasteiger partial charge in [0.2, 0.25) is 5.91 Å². The van der Waals surface area contributed by atoms with E-state index >= 15 is 0 Å². The number of ether oxygens (including phenoxy) is 2. The zero-order valence-electron chi connectivity index (χ0n) is 16.4. The molecule has 1 aliphatic heterocycles. The van der Waals surface area contributed by atoms with Crippen LogP contribution >= 0.6 is 0 Å². The lowest BCUT2D eigenvalue weighted by Gasteiger charge is -2.22. The van der Waals surface area contributed by atoms with E-state index in [1.165, 1.54) is 5.56 Å². The third-order valence-electron chi connectivity index (χ3n) is 5.08. The zero-order chi connectivity index (χ0) is 19.2. The molecule has 144 valence electrons. The largest absolute Gasteiger partial charge is 0.497 e. The van der Waals surface area contributed by atoms with Gasteiger partial charge in [0.15, 0.2) is 0 Å². The molecule has 5 nitrogen and oxygen atoms in total. The van der Waals surface area contributed by atoms with Crippen molar-refractivity contribution in [2.75, 3.05) is 34.4 Å². The highest BCUT2D eigenvalue weighted by Gasteiger charge is 2.30. The van der Waals surface area contributed by atoms with E-state index in [4.69, 9.17) is 9.47 Å². The van der Waals surface area contributed by atoms with Crippen molar-refractivity contribution in [1.29, 1.82) is 0 Å². The number of methoxy groups -OCH3 is 2. The second-order valence-corrected chi connectivity index (χ2v) is 7.12. The molecule has 0 radical (unpaired) electrons. The van der Waals surface area contributed by atoms with Crippen molar-refractivity contribution in [2.24, 2.45) is 5.92 Å². The number of amides is 1. The predicted octanol–water partition coefficient (Wildman–Crippen LogP) is 3.18. The Hall–Kier alpha value is -2.53. The van der Waals surface area contributed by atoms with E-state index in [1.807, 2.05) is 36.2 Å². The molecule has 1 atom stereocenters. The van der Waals surface area contributed by atoms with Gasteiger partial charge < -0.3 is 14.4 Å². The lowest BCUT2D eigenvalue weighted by atomic mass is 10.1. The second kappa shape index (κ2) is 8.91. The average Bonchev–Trinajstić information content (AvgIpc) is 3.16. The molecule has 2 aromatic carbocycles. The Morgan fingerprint density at radius 1 is 1.07 bits per heavy atom. The van der Waals surface area contributed by atoms with E-state index in [9.17, 15) is 4.79 Å². The van der Waals surface area contributed by atoms with Crippen LogP contribution < -0.4 is 9.47 Å². The summed E-state index contributed by atoms with van der Waals surface area (Å²) in [5.41, 5.74) is 2.30. The lowest BCUT2D eigenvalue weighted by Crippen LogP contribution is -2.34. The molecule has 1 heterocycles. The summed E-state index contributed by atoms with van der Waals surface area (Å²) in [6, 6.07) is 16.2. The average molecular weight is 368 g/mol. The number of hydrogen-bond acceptors (Lipinski definition) is 4. The van der Waals surface area contributed by atoms with E-state index in [-0.39, 0.29) is 11.8 Å². The number of benzene rings is 2. The van der Waals surface area contributed by atoms with Gasteiger partial charge >= 0.3 is 0 Å². The fourth-order valence-corrected chi connectivity index (χ4v) is 3.64. The van der Waals surface area contributed by atoms with Crippen molar-refractivity contribution in [3.63, 3.8) is 0 Å². The Bertz CT molecular complexity index is 741. The highest BCUT2D eigenvalue weighted by molar-refractivity contribution is 5.79. The van der Waals surface area contributed by atoms with Crippen LogP contribution in [0.2, 0.25) is 0 Å². The van der Waals surface area contributed by atoms with Gasteiger partial charge in [0.05, 0.1) is 20.1 Å². The molecule has 0 bridgehead atoms. The van der Waals surface area contributed by atoms with Gasteiger partial charge in [-0.3, -0.25) is 9.69 Å². The van der Waals surface area contributed by atoms with Crippen LogP contribution in [0.25, 0.3) is 0 Å². The zero-order valence-corrected chi connectivity index (χ0v) is 16.4. The SMILES string of the molecule is COc1cc(CN(C)C(=O)C2CCN(Cc3ccccc3)C2)cc(OC)c1. The molecular weight excluding hydrogens is 340 g/mol. The monoisotopic (exact) mass is 368 g/mol. The van der Waals surface area contributed by atoms with Gasteiger partial charge in [0, 0.05) is 32.7 Å². The summed E-state index contributed by atoms with van der Waals surface area (Å²) >= 11 is 0. The molecule has 1 aliphatic rings. The first kappa shape index (κ1) is 19.2. The van der Waals surface area contributed by atoms with E-state index in [1.54, 1.807) is 14.2 Å². The topological polar surface area (TPSA) is 42.0 Å². The van der Waals surface area contributed by atoms with E-state index in [2.05, 4.69) is 29.2 Å². The number of rotatable bonds is 7. The van der Waals surface area contributed by atoms with Crippen LogP contribution in [0.5, 0.6) is 11.5 Å². The van der Waals surface area contributed by atoms with Crippen molar-refractivity contribution < 1.29 is 14.3 Å². The van der Waals surface area contributed by atoms with Gasteiger partial charge in [-0.15, -0.1) is 0 Å². The molecule has 1 amide bonds. The molecule has 0 saturated carbocycles. The molecule has 0 aliphatic carbocycles. The second-order valence-electron chi connectivity index (χ2n) is 7.12. The van der Waals surface area contributed by atoms with Gasteiger partial charge in [-0.2, -0.15) is 0 Å². The van der Waals surface area contributed by atoms with Gasteiger partial charge in [-0.05, 0) is 36.2 Å². The molecular formula is C22H28N2O3. The lowest BCUT2D eigenvalue weighted by molar-refractivity contribution is -0.134. The summed E-state index contributed by atoms with van der Waals surface area (Å²) in [5, 5.41) is 0. The summed E-state index contributed by atoms with van der Waals surface area (Å²) < 4.78 is 10.6. The Labute approximate surface area is 161 Å². The van der Waals surface area contributed by atoms with Gasteiger partial charge in [-0.25, -0.2) is 0 Å². The molecule has 1 saturated heterocycles. The van der Waals surface area contributed by atoms with Crippen molar-refractivity contribution in [3.05, 3.63) is 59.7 Å². The Balaban J connectivity index is 1.58. The van der Waals surface area contributed by atoms with Crippen molar-refractivity contribution >= 4 is 5.91 Å². The van der Waals surface area contributed by atoms with E-state index < -0.39 is 0 Å². The normalized spacial score (nSPS) is 16.9. The predicted molar refractivity (Wildman–Crippen MR) is 106 cm³/mol. The summed E-state index contributed by atoms with van der Waals surface area (Å²) in [5.74, 6) is 1.73. The minimum atomic E-state index is 0.0613. The third-order valence-corrected chi connectivity index (χ3v) is 5.08. The molecule has 27 heavy (non-hydrogen) atoms. The Kier molecular flexibility index (Phi) is 6.35. The summed E-state index contributed by atoms with van der Waals surface area (Å²) in [7, 11) is 5.13. The molecule has 5 heteroatoms. The Morgan fingerprint density at radius 3 is 2.37 bits per heavy atom. The molecule has 0 spiro atoms. The third kappa shape index (κ3) is 5.01. The first-order valence-corrected chi connectivity index (χ1v) is 9.32. The fourth-order valence-electron chi connectivity index (χ4n) is 3.64. The van der Waals surface area contributed by atoms with Gasteiger partial charge in [-0.1, -0.05) is 30.3 Å². The smallest absolute Gasteiger partial charge is 0.227 e. The van der Waals surface area contributed by atoms with Crippen LogP contribution in [0.3, 0.4) is 0 Å². The molecule has 0 aromatic heterocycles. The van der Waals surface area contributed by atoms with Crippen LogP contribution in [-0.4, -0.2) is 50.1 Å². The highest BCUT2D eigenvalue weighted by Crippen LogP contribution is 2.25. The summed E-state index contributed by atoms with van der Waals surface area (Å²) in [4.78, 5) is 17.1. The van der Waals surface area contributed by atoms with Crippen molar-refractivity contribution in [1.82, 2.24) is 9.80 Å². The van der Waals surface area contributed by atoms with Gasteiger partial charge in [0.25, 0.3) is 0 Å². The standard InChI is InChI=1S/C22H28N2O3/c1-23(14-18-11-20(26-2)13-21(12-18)27-3)22(25)19-9-10-24(16-19)15-17-7-5-4-6-8-17/h4-8,11-13,19H,9-10,14-16H2,1-3H3. The van der Waals surface area contributed by atoms with Crippen LogP contribution in [0, 0.1) is 5.92 Å². The maximum Gasteiger partial charge on any atom is 0.227 e. The summed E-state index contributed by atoms with van der Waals surface area (Å²) in [6.07, 6.45) is 0.914. The Morgan fingerprint density at radius 2 is 1.74 bits per heavy atom. The summed E-state index contributed by atoms with van der Waals surface area (Å²) in [6.45, 7) is 3.23. The number of likely N-dealkylation sites (tertiary alicyclic amines) is 1. The number of hydrogen-bond donors (Lipinski definition) is 0. The maximum atomic E-state index is 12.9. The first-order chi connectivity index (χ1) is 13.1. The fraction of sp³-hybridized carbons (Fsp3) is 0.409. The molecule has 3 rings (SSSR count). The van der Waals surface area contributed by atoms with Crippen LogP contribution in [-0.2, 0) is 17.9 Å². The number of carbonyl (C=O) groups excluding carboxylic acids is 1. The van der Waals surface area contributed by atoms with Crippen molar-refractivity contribution in [2.45, 2.75) is 19.5 Å². The minimum Gasteiger partial charge on any atom is -0.497 e. The van der Waals surface area contributed by atoms with Crippen LogP contribution in [0.4, 0.5) is 0 Å². The minimum absolute atomic E-state index is 0.0613. The van der Waals surface area contributed by atoms with Crippen LogP contribution in [0.1, 0.15) is 17.5 Å². The molecule has 1 unspecified atom stereocenters. The highest BCUT2D eigenvalue weighted by atomic mass is 16.5. The first-order valence-electron chi connectivity index (χ1n) is 9.32. The quantitative estimate of drug-likeness (QED) is 0.753. The van der Waals surface area contributed by atoms with Crippen LogP contribution in [0.15, 0.2) is 48.5 Å². The van der Waals surface area contributed by atoms with E-state index in [0.29, 0.717) is 6.54 Å².